The molecule has 3 heteroatoms. The van der Waals surface area contributed by atoms with Crippen LogP contribution in [0.3, 0.4) is 0 Å². The van der Waals surface area contributed by atoms with E-state index in [2.05, 4.69) is 12.2 Å². The molecule has 0 saturated carbocycles. The Hall–Kier alpha value is 0.210. The molecule has 2 nitrogen and oxygen atoms in total. The normalized spacial score (nSPS) is 23.4. The number of hydrogen-bond acceptors (Lipinski definition) is 2. The first-order valence-corrected chi connectivity index (χ1v) is 3.77. The molecule has 1 aliphatic heterocycles. The van der Waals surface area contributed by atoms with Crippen LogP contribution < -0.4 is 11.1 Å². The molecule has 1 saturated heterocycles. The smallest absolute Gasteiger partial charge is 0.00397 e. The molecule has 1 atom stereocenters. The van der Waals surface area contributed by atoms with Gasteiger partial charge in [-0.25, -0.2) is 0 Å². The molecule has 1 fully saturated rings. The van der Waals surface area contributed by atoms with Crippen LogP contribution in [0.2, 0.25) is 0 Å². The van der Waals surface area contributed by atoms with E-state index in [0.29, 0.717) is 6.04 Å². The molecule has 3 N–H and O–H groups in total. The molecule has 0 aliphatic carbocycles. The number of nitrogens with two attached hydrogens (primary N) is 1. The summed E-state index contributed by atoms with van der Waals surface area (Å²) < 4.78 is 0. The topological polar surface area (TPSA) is 38.0 Å². The minimum absolute atomic E-state index is 0. The van der Waals surface area contributed by atoms with Crippen molar-refractivity contribution in [1.82, 2.24) is 5.32 Å². The van der Waals surface area contributed by atoms with Gasteiger partial charge in [0.25, 0.3) is 0 Å². The van der Waals surface area contributed by atoms with Gasteiger partial charge in [0.05, 0.1) is 0 Å². The summed E-state index contributed by atoms with van der Waals surface area (Å²) in [4.78, 5) is 0. The lowest BCUT2D eigenvalue weighted by atomic mass is 9.92. The van der Waals surface area contributed by atoms with Gasteiger partial charge >= 0.3 is 0 Å². The lowest BCUT2D eigenvalue weighted by Crippen LogP contribution is -2.36. The van der Waals surface area contributed by atoms with Crippen LogP contribution in [-0.4, -0.2) is 19.1 Å². The Morgan fingerprint density at radius 2 is 1.90 bits per heavy atom. The largest absolute Gasteiger partial charge is 0.328 e. The highest BCUT2D eigenvalue weighted by atomic mass is 35.5. The maximum absolute atomic E-state index is 5.74. The van der Waals surface area contributed by atoms with E-state index in [1.807, 2.05) is 0 Å². The monoisotopic (exact) mass is 164 g/mol. The van der Waals surface area contributed by atoms with Gasteiger partial charge < -0.3 is 11.1 Å². The van der Waals surface area contributed by atoms with Crippen LogP contribution >= 0.6 is 12.4 Å². The molecule has 1 rings (SSSR count). The second kappa shape index (κ2) is 4.94. The van der Waals surface area contributed by atoms with E-state index in [1.54, 1.807) is 0 Å². The Kier molecular flexibility index (Phi) is 5.04. The van der Waals surface area contributed by atoms with Gasteiger partial charge in [-0.15, -0.1) is 12.4 Å². The molecular formula is C7H17ClN2. The van der Waals surface area contributed by atoms with Crippen LogP contribution in [-0.2, 0) is 0 Å². The molecule has 0 spiro atoms. The minimum Gasteiger partial charge on any atom is -0.328 e. The van der Waals surface area contributed by atoms with Crippen molar-refractivity contribution in [3.8, 4) is 0 Å². The Morgan fingerprint density at radius 1 is 1.40 bits per heavy atom. The molecule has 62 valence electrons. The Bertz CT molecular complexity index is 79.7. The van der Waals surface area contributed by atoms with E-state index in [0.717, 1.165) is 19.0 Å². The number of halogens is 1. The highest BCUT2D eigenvalue weighted by Gasteiger charge is 2.15. The van der Waals surface area contributed by atoms with Crippen molar-refractivity contribution in [3.05, 3.63) is 0 Å². The Labute approximate surface area is 69.0 Å². The molecule has 0 aromatic heterocycles. The van der Waals surface area contributed by atoms with Crippen molar-refractivity contribution < 1.29 is 0 Å². The lowest BCUT2D eigenvalue weighted by molar-refractivity contribution is 0.330. The number of hydrogen-bond donors (Lipinski definition) is 2. The number of rotatable bonds is 1. The average Bonchev–Trinajstić information content (AvgIpc) is 1.90. The van der Waals surface area contributed by atoms with Gasteiger partial charge in [0.15, 0.2) is 0 Å². The quantitative estimate of drug-likeness (QED) is 0.601. The van der Waals surface area contributed by atoms with Crippen LogP contribution in [0.1, 0.15) is 19.8 Å². The summed E-state index contributed by atoms with van der Waals surface area (Å²) >= 11 is 0. The SMILES string of the molecule is CC(N)C1CCNCC1.Cl. The van der Waals surface area contributed by atoms with E-state index in [9.17, 15) is 0 Å². The van der Waals surface area contributed by atoms with Crippen LogP contribution in [0, 0.1) is 5.92 Å². The Balaban J connectivity index is 0.000000810. The summed E-state index contributed by atoms with van der Waals surface area (Å²) in [7, 11) is 0. The minimum atomic E-state index is 0. The molecular weight excluding hydrogens is 148 g/mol. The summed E-state index contributed by atoms with van der Waals surface area (Å²) in [6, 6.07) is 0.395. The molecule has 0 radical (unpaired) electrons. The first kappa shape index (κ1) is 10.2. The van der Waals surface area contributed by atoms with Crippen molar-refractivity contribution in [2.24, 2.45) is 11.7 Å². The summed E-state index contributed by atoms with van der Waals surface area (Å²) in [5.41, 5.74) is 5.74. The van der Waals surface area contributed by atoms with E-state index in [-0.39, 0.29) is 12.4 Å². The van der Waals surface area contributed by atoms with E-state index < -0.39 is 0 Å². The fourth-order valence-corrected chi connectivity index (χ4v) is 1.37. The van der Waals surface area contributed by atoms with Crippen LogP contribution in [0.15, 0.2) is 0 Å². The summed E-state index contributed by atoms with van der Waals surface area (Å²) in [5, 5.41) is 3.31. The van der Waals surface area contributed by atoms with Crippen molar-refractivity contribution in [2.45, 2.75) is 25.8 Å². The standard InChI is InChI=1S/C7H16N2.ClH/c1-6(8)7-2-4-9-5-3-7;/h6-7,9H,2-5,8H2,1H3;1H. The second-order valence-electron chi connectivity index (χ2n) is 2.95. The van der Waals surface area contributed by atoms with Crippen LogP contribution in [0.25, 0.3) is 0 Å². The maximum atomic E-state index is 5.74. The second-order valence-corrected chi connectivity index (χ2v) is 2.95. The summed E-state index contributed by atoms with van der Waals surface area (Å²) in [6.45, 7) is 4.42. The lowest BCUT2D eigenvalue weighted by Gasteiger charge is -2.25. The molecule has 1 unspecified atom stereocenters. The summed E-state index contributed by atoms with van der Waals surface area (Å²) in [6.07, 6.45) is 2.52. The molecule has 0 aromatic carbocycles. The zero-order chi connectivity index (χ0) is 6.69. The van der Waals surface area contributed by atoms with Gasteiger partial charge in [-0.1, -0.05) is 0 Å². The predicted molar refractivity (Wildman–Crippen MR) is 46.5 cm³/mol. The first-order chi connectivity index (χ1) is 4.30. The number of nitrogens with one attached hydrogen (secondary N) is 1. The molecule has 1 aliphatic rings. The van der Waals surface area contributed by atoms with Gasteiger partial charge in [0, 0.05) is 6.04 Å². The van der Waals surface area contributed by atoms with Gasteiger partial charge in [-0.3, -0.25) is 0 Å². The van der Waals surface area contributed by atoms with E-state index in [4.69, 9.17) is 5.73 Å². The third-order valence-corrected chi connectivity index (χ3v) is 2.13. The van der Waals surface area contributed by atoms with Crippen molar-refractivity contribution in [1.29, 1.82) is 0 Å². The van der Waals surface area contributed by atoms with Crippen molar-refractivity contribution >= 4 is 12.4 Å². The van der Waals surface area contributed by atoms with Crippen LogP contribution in [0.4, 0.5) is 0 Å². The van der Waals surface area contributed by atoms with E-state index in [1.165, 1.54) is 12.8 Å². The third-order valence-electron chi connectivity index (χ3n) is 2.13. The van der Waals surface area contributed by atoms with Crippen molar-refractivity contribution in [2.75, 3.05) is 13.1 Å². The fraction of sp³-hybridized carbons (Fsp3) is 1.00. The zero-order valence-corrected chi connectivity index (χ0v) is 7.29. The van der Waals surface area contributed by atoms with Gasteiger partial charge in [-0.2, -0.15) is 0 Å². The van der Waals surface area contributed by atoms with Gasteiger partial charge in [0.1, 0.15) is 0 Å². The van der Waals surface area contributed by atoms with Gasteiger partial charge in [-0.05, 0) is 38.8 Å². The molecule has 0 bridgehead atoms. The molecule has 1 heterocycles. The van der Waals surface area contributed by atoms with Crippen molar-refractivity contribution in [3.63, 3.8) is 0 Å². The summed E-state index contributed by atoms with van der Waals surface area (Å²) in [5.74, 6) is 0.770. The molecule has 0 amide bonds. The van der Waals surface area contributed by atoms with Crippen LogP contribution in [0.5, 0.6) is 0 Å². The van der Waals surface area contributed by atoms with Gasteiger partial charge in [0.2, 0.25) is 0 Å². The highest BCUT2D eigenvalue weighted by molar-refractivity contribution is 5.85. The average molecular weight is 165 g/mol. The zero-order valence-electron chi connectivity index (χ0n) is 6.47. The molecule has 0 aromatic rings. The maximum Gasteiger partial charge on any atom is 0.00397 e. The highest BCUT2D eigenvalue weighted by Crippen LogP contribution is 2.13. The van der Waals surface area contributed by atoms with E-state index >= 15 is 0 Å². The predicted octanol–water partition coefficient (Wildman–Crippen LogP) is 0.755. The third kappa shape index (κ3) is 2.86. The Morgan fingerprint density at radius 3 is 2.20 bits per heavy atom. The first-order valence-electron chi connectivity index (χ1n) is 3.77. The fourth-order valence-electron chi connectivity index (χ4n) is 1.37. The molecule has 10 heavy (non-hydrogen) atoms. The number of piperidine rings is 1.